The number of carbonyl (C=O) groups excluding carboxylic acids is 1. The second-order valence-electron chi connectivity index (χ2n) is 8.01. The van der Waals surface area contributed by atoms with E-state index >= 15 is 4.39 Å². The van der Waals surface area contributed by atoms with Gasteiger partial charge in [-0.1, -0.05) is 48.6 Å². The average Bonchev–Trinajstić information content (AvgIpc) is 3.30. The van der Waals surface area contributed by atoms with Crippen molar-refractivity contribution in [3.8, 4) is 0 Å². The molecule has 0 radical (unpaired) electrons. The van der Waals surface area contributed by atoms with Gasteiger partial charge in [-0.05, 0) is 36.1 Å². The second kappa shape index (κ2) is 8.30. The molecule has 0 bridgehead atoms. The van der Waals surface area contributed by atoms with Crippen LogP contribution in [0.4, 0.5) is 9.18 Å². The van der Waals surface area contributed by atoms with E-state index < -0.39 is 29.4 Å². The maximum absolute atomic E-state index is 15.8. The number of carboxylic acid groups (broad SMARTS) is 1. The molecule has 2 aliphatic rings. The highest BCUT2D eigenvalue weighted by atomic mass is 32.1. The number of benzene rings is 1. The lowest BCUT2D eigenvalue weighted by Crippen LogP contribution is -2.56. The van der Waals surface area contributed by atoms with Gasteiger partial charge in [0.1, 0.15) is 0 Å². The van der Waals surface area contributed by atoms with E-state index in [1.807, 2.05) is 47.9 Å². The molecule has 0 spiro atoms. The molecule has 0 unspecified atom stereocenters. The Hall–Kier alpha value is -2.93. The minimum absolute atomic E-state index is 0.0207. The van der Waals surface area contributed by atoms with Crippen LogP contribution in [0.3, 0.4) is 0 Å². The highest BCUT2D eigenvalue weighted by molar-refractivity contribution is 7.10. The lowest BCUT2D eigenvalue weighted by molar-refractivity contribution is -0.146. The Morgan fingerprint density at radius 3 is 2.55 bits per heavy atom. The summed E-state index contributed by atoms with van der Waals surface area (Å²) in [5, 5.41) is 11.2. The molecular formula is C24H24FNO4S. The van der Waals surface area contributed by atoms with Crippen LogP contribution in [0.15, 0.2) is 72.1 Å². The number of thiophene rings is 1. The molecule has 1 aromatic heterocycles. The van der Waals surface area contributed by atoms with Gasteiger partial charge in [-0.3, -0.25) is 4.79 Å². The number of ether oxygens (including phenoxy) is 1. The van der Waals surface area contributed by atoms with Gasteiger partial charge in [-0.2, -0.15) is 0 Å². The van der Waals surface area contributed by atoms with E-state index in [9.17, 15) is 14.7 Å². The fraction of sp³-hybridized carbons (Fsp3) is 0.333. The summed E-state index contributed by atoms with van der Waals surface area (Å²) in [4.78, 5) is 26.4. The molecule has 2 aromatic rings. The molecule has 1 aliphatic carbocycles. The smallest absolute Gasteiger partial charge is 0.411 e. The molecule has 2 heterocycles. The molecule has 1 fully saturated rings. The molecule has 7 heteroatoms. The van der Waals surface area contributed by atoms with Crippen molar-refractivity contribution in [1.82, 2.24) is 4.90 Å². The number of carboxylic acids is 1. The molecule has 0 saturated carbocycles. The monoisotopic (exact) mass is 441 g/mol. The number of allylic oxidation sites excluding steroid dienone is 2. The van der Waals surface area contributed by atoms with Gasteiger partial charge in [-0.25, -0.2) is 9.18 Å². The van der Waals surface area contributed by atoms with Crippen molar-refractivity contribution in [2.24, 2.45) is 0 Å². The molecule has 1 amide bonds. The van der Waals surface area contributed by atoms with Gasteiger partial charge in [-0.15, -0.1) is 11.3 Å². The number of hydrogen-bond acceptors (Lipinski definition) is 4. The van der Waals surface area contributed by atoms with Crippen molar-refractivity contribution in [2.75, 3.05) is 6.54 Å². The number of halogens is 1. The van der Waals surface area contributed by atoms with Crippen molar-refractivity contribution in [2.45, 2.75) is 43.0 Å². The van der Waals surface area contributed by atoms with E-state index in [2.05, 4.69) is 0 Å². The van der Waals surface area contributed by atoms with Gasteiger partial charge < -0.3 is 14.7 Å². The molecule has 1 N–H and O–H groups in total. The minimum Gasteiger partial charge on any atom is -0.481 e. The van der Waals surface area contributed by atoms with E-state index in [0.29, 0.717) is 4.88 Å². The molecule has 162 valence electrons. The molecule has 1 saturated heterocycles. The van der Waals surface area contributed by atoms with Crippen LogP contribution in [-0.2, 0) is 15.1 Å². The van der Waals surface area contributed by atoms with Crippen molar-refractivity contribution >= 4 is 23.4 Å². The number of nitrogens with zero attached hydrogens (tertiary/aromatic N) is 1. The third-order valence-corrected chi connectivity index (χ3v) is 7.15. The van der Waals surface area contributed by atoms with Crippen LogP contribution in [-0.4, -0.2) is 40.3 Å². The summed E-state index contributed by atoms with van der Waals surface area (Å²) in [5.41, 5.74) is -1.98. The maximum atomic E-state index is 15.8. The lowest BCUT2D eigenvalue weighted by Gasteiger charge is -2.44. The predicted octanol–water partition coefficient (Wildman–Crippen LogP) is 5.27. The van der Waals surface area contributed by atoms with Crippen LogP contribution in [0.1, 0.15) is 36.1 Å². The molecule has 5 nitrogen and oxygen atoms in total. The van der Waals surface area contributed by atoms with E-state index in [-0.39, 0.29) is 25.3 Å². The van der Waals surface area contributed by atoms with Crippen LogP contribution < -0.4 is 0 Å². The summed E-state index contributed by atoms with van der Waals surface area (Å²) < 4.78 is 21.5. The molecular weight excluding hydrogens is 417 g/mol. The van der Waals surface area contributed by atoms with Crippen LogP contribution in [0.25, 0.3) is 0 Å². The van der Waals surface area contributed by atoms with Gasteiger partial charge >= 0.3 is 12.1 Å². The van der Waals surface area contributed by atoms with Gasteiger partial charge in [0.05, 0.1) is 12.5 Å². The molecule has 4 rings (SSSR count). The van der Waals surface area contributed by atoms with Crippen LogP contribution in [0.2, 0.25) is 0 Å². The zero-order chi connectivity index (χ0) is 22.1. The number of rotatable bonds is 6. The standard InChI is InChI=1S/C24H24FNO4S/c1-17(23(25)11-9-19(10-12-23)18-6-3-2-4-7-18)26-14-13-24(16-21(27)28,30-22(26)29)20-8-5-15-31-20/h2-12,15,17,19H,13-14,16H2,1H3,(H,27,28)/t17-,19?,23?,24-/m0/s1. The highest BCUT2D eigenvalue weighted by Crippen LogP contribution is 2.42. The quantitative estimate of drug-likeness (QED) is 0.621. The zero-order valence-electron chi connectivity index (χ0n) is 17.1. The first-order valence-electron chi connectivity index (χ1n) is 10.2. The third-order valence-electron chi connectivity index (χ3n) is 6.09. The number of amides is 1. The Balaban J connectivity index is 1.50. The SMILES string of the molecule is C[C@H](N1CC[C@](CC(=O)O)(c2cccs2)OC1=O)C1(F)C=CC(c2ccccc2)C=C1. The lowest BCUT2D eigenvalue weighted by atomic mass is 9.84. The summed E-state index contributed by atoms with van der Waals surface area (Å²) >= 11 is 1.35. The first-order chi connectivity index (χ1) is 14.8. The Morgan fingerprint density at radius 2 is 1.97 bits per heavy atom. The summed E-state index contributed by atoms with van der Waals surface area (Å²) in [7, 11) is 0. The Labute approximate surface area is 184 Å². The molecule has 1 aromatic carbocycles. The number of carbonyl (C=O) groups is 2. The fourth-order valence-electron chi connectivity index (χ4n) is 4.22. The van der Waals surface area contributed by atoms with Gasteiger partial charge in [0, 0.05) is 23.8 Å². The molecule has 1 aliphatic heterocycles. The fourth-order valence-corrected chi connectivity index (χ4v) is 5.12. The van der Waals surface area contributed by atoms with E-state index in [1.165, 1.54) is 28.4 Å². The van der Waals surface area contributed by atoms with E-state index in [4.69, 9.17) is 4.74 Å². The first-order valence-corrected chi connectivity index (χ1v) is 11.1. The van der Waals surface area contributed by atoms with Crippen molar-refractivity contribution in [3.05, 3.63) is 82.6 Å². The van der Waals surface area contributed by atoms with Crippen molar-refractivity contribution in [3.63, 3.8) is 0 Å². The van der Waals surface area contributed by atoms with Crippen LogP contribution >= 0.6 is 11.3 Å². The van der Waals surface area contributed by atoms with Crippen LogP contribution in [0, 0.1) is 0 Å². The minimum atomic E-state index is -1.83. The van der Waals surface area contributed by atoms with Crippen molar-refractivity contribution < 1.29 is 23.8 Å². The molecule has 2 atom stereocenters. The largest absolute Gasteiger partial charge is 0.481 e. The summed E-state index contributed by atoms with van der Waals surface area (Å²) in [5.74, 6) is -1.07. The van der Waals surface area contributed by atoms with Crippen molar-refractivity contribution in [1.29, 1.82) is 0 Å². The summed E-state index contributed by atoms with van der Waals surface area (Å²) in [6, 6.07) is 12.6. The second-order valence-corrected chi connectivity index (χ2v) is 8.96. The average molecular weight is 442 g/mol. The number of hydrogen-bond donors (Lipinski definition) is 1. The Bertz CT molecular complexity index is 990. The predicted molar refractivity (Wildman–Crippen MR) is 117 cm³/mol. The summed E-state index contributed by atoms with van der Waals surface area (Å²) in [6.07, 6.45) is 5.88. The van der Waals surface area contributed by atoms with E-state index in [0.717, 1.165) is 5.56 Å². The molecule has 31 heavy (non-hydrogen) atoms. The normalized spacial score (nSPS) is 28.9. The van der Waals surface area contributed by atoms with Crippen LogP contribution in [0.5, 0.6) is 0 Å². The Morgan fingerprint density at radius 1 is 1.26 bits per heavy atom. The third kappa shape index (κ3) is 4.14. The highest BCUT2D eigenvalue weighted by Gasteiger charge is 2.48. The zero-order valence-corrected chi connectivity index (χ0v) is 17.9. The first kappa shape index (κ1) is 21.3. The van der Waals surface area contributed by atoms with Gasteiger partial charge in [0.25, 0.3) is 0 Å². The number of alkyl halides is 1. The maximum Gasteiger partial charge on any atom is 0.411 e. The van der Waals surface area contributed by atoms with E-state index in [1.54, 1.807) is 19.1 Å². The number of aliphatic carboxylic acids is 1. The topological polar surface area (TPSA) is 66.8 Å². The van der Waals surface area contributed by atoms with Gasteiger partial charge in [0.15, 0.2) is 11.3 Å². The van der Waals surface area contributed by atoms with Gasteiger partial charge in [0.2, 0.25) is 0 Å². The number of cyclic esters (lactones) is 1. The summed E-state index contributed by atoms with van der Waals surface area (Å²) in [6.45, 7) is 1.86. The Kier molecular flexibility index (Phi) is 5.71.